The molecule has 0 atom stereocenters. The highest BCUT2D eigenvalue weighted by Crippen LogP contribution is 2.44. The molecule has 19 heavy (non-hydrogen) atoms. The van der Waals surface area contributed by atoms with E-state index in [-0.39, 0.29) is 0 Å². The van der Waals surface area contributed by atoms with Crippen molar-refractivity contribution in [1.29, 1.82) is 0 Å². The SMILES string of the molecule is COc1c(C)c(C=CC(N)=O)c(C)c(OC)c1OC. The Bertz CT molecular complexity index is 490. The third-order valence-corrected chi connectivity index (χ3v) is 2.93. The van der Waals surface area contributed by atoms with Crippen LogP contribution >= 0.6 is 0 Å². The van der Waals surface area contributed by atoms with Crippen LogP contribution in [0.3, 0.4) is 0 Å². The molecule has 0 aliphatic heterocycles. The van der Waals surface area contributed by atoms with Crippen molar-refractivity contribution in [3.05, 3.63) is 22.8 Å². The normalized spacial score (nSPS) is 10.6. The van der Waals surface area contributed by atoms with Crippen LogP contribution < -0.4 is 19.9 Å². The van der Waals surface area contributed by atoms with Gasteiger partial charge in [0.15, 0.2) is 11.5 Å². The van der Waals surface area contributed by atoms with Gasteiger partial charge in [-0.05, 0) is 25.5 Å². The molecule has 1 amide bonds. The zero-order chi connectivity index (χ0) is 14.6. The first-order valence-electron chi connectivity index (χ1n) is 5.74. The second kappa shape index (κ2) is 6.13. The maximum atomic E-state index is 10.9. The monoisotopic (exact) mass is 265 g/mol. The van der Waals surface area contributed by atoms with E-state index in [1.165, 1.54) is 6.08 Å². The second-order valence-corrected chi connectivity index (χ2v) is 4.00. The summed E-state index contributed by atoms with van der Waals surface area (Å²) in [7, 11) is 4.67. The van der Waals surface area contributed by atoms with E-state index >= 15 is 0 Å². The van der Waals surface area contributed by atoms with Gasteiger partial charge in [0.2, 0.25) is 11.7 Å². The maximum absolute atomic E-state index is 10.9. The molecule has 0 fully saturated rings. The van der Waals surface area contributed by atoms with Gasteiger partial charge in [-0.3, -0.25) is 4.79 Å². The minimum Gasteiger partial charge on any atom is -0.492 e. The Balaban J connectivity index is 3.60. The van der Waals surface area contributed by atoms with E-state index in [0.717, 1.165) is 16.7 Å². The van der Waals surface area contributed by atoms with Gasteiger partial charge in [-0.25, -0.2) is 0 Å². The van der Waals surface area contributed by atoms with E-state index in [2.05, 4.69) is 0 Å². The summed E-state index contributed by atoms with van der Waals surface area (Å²) in [5.74, 6) is 1.19. The molecule has 0 aliphatic rings. The van der Waals surface area contributed by atoms with Crippen molar-refractivity contribution >= 4 is 12.0 Å². The first kappa shape index (κ1) is 14.9. The van der Waals surface area contributed by atoms with Crippen molar-refractivity contribution in [2.45, 2.75) is 13.8 Å². The van der Waals surface area contributed by atoms with Crippen molar-refractivity contribution in [3.8, 4) is 17.2 Å². The van der Waals surface area contributed by atoms with Gasteiger partial charge in [0, 0.05) is 17.2 Å². The molecule has 5 heteroatoms. The molecule has 104 valence electrons. The van der Waals surface area contributed by atoms with E-state index in [0.29, 0.717) is 17.2 Å². The Kier molecular flexibility index (Phi) is 4.80. The Labute approximate surface area is 113 Å². The number of primary amides is 1. The molecule has 0 aliphatic carbocycles. The molecule has 0 spiro atoms. The molecule has 1 rings (SSSR count). The van der Waals surface area contributed by atoms with Crippen molar-refractivity contribution in [1.82, 2.24) is 0 Å². The number of nitrogens with two attached hydrogens (primary N) is 1. The van der Waals surface area contributed by atoms with Crippen LogP contribution in [-0.2, 0) is 4.79 Å². The lowest BCUT2D eigenvalue weighted by Gasteiger charge is -2.19. The molecule has 0 bridgehead atoms. The van der Waals surface area contributed by atoms with Crippen LogP contribution in [0.4, 0.5) is 0 Å². The number of benzene rings is 1. The predicted octanol–water partition coefficient (Wildman–Crippen LogP) is 1.83. The minimum absolute atomic E-state index is 0.507. The number of methoxy groups -OCH3 is 3. The molecular formula is C14H19NO4. The Morgan fingerprint density at radius 1 is 0.947 bits per heavy atom. The lowest BCUT2D eigenvalue weighted by Crippen LogP contribution is -2.06. The molecule has 0 saturated carbocycles. The molecule has 0 aromatic heterocycles. The van der Waals surface area contributed by atoms with Crippen molar-refractivity contribution in [3.63, 3.8) is 0 Å². The fraction of sp³-hybridized carbons (Fsp3) is 0.357. The standard InChI is InChI=1S/C14H19NO4/c1-8-10(6-7-11(15)16)9(2)13(18-4)14(19-5)12(8)17-3/h6-7H,1-5H3,(H2,15,16). The molecule has 1 aromatic rings. The third-order valence-electron chi connectivity index (χ3n) is 2.93. The van der Waals surface area contributed by atoms with Crippen LogP contribution in [0.2, 0.25) is 0 Å². The van der Waals surface area contributed by atoms with Gasteiger partial charge >= 0.3 is 0 Å². The summed E-state index contributed by atoms with van der Waals surface area (Å²) in [5.41, 5.74) is 7.67. The van der Waals surface area contributed by atoms with Gasteiger partial charge in [-0.15, -0.1) is 0 Å². The molecule has 0 radical (unpaired) electrons. The molecular weight excluding hydrogens is 246 g/mol. The number of ether oxygens (including phenoxy) is 3. The van der Waals surface area contributed by atoms with E-state index in [9.17, 15) is 4.79 Å². The molecule has 5 nitrogen and oxygen atoms in total. The summed E-state index contributed by atoms with van der Waals surface area (Å²) < 4.78 is 16.0. The van der Waals surface area contributed by atoms with Crippen LogP contribution in [0.5, 0.6) is 17.2 Å². The summed E-state index contributed by atoms with van der Waals surface area (Å²) in [4.78, 5) is 10.9. The predicted molar refractivity (Wildman–Crippen MR) is 73.8 cm³/mol. The topological polar surface area (TPSA) is 70.8 Å². The summed E-state index contributed by atoms with van der Waals surface area (Å²) in [5, 5.41) is 0. The highest BCUT2D eigenvalue weighted by atomic mass is 16.5. The average molecular weight is 265 g/mol. The maximum Gasteiger partial charge on any atom is 0.241 e. The number of amides is 1. The lowest BCUT2D eigenvalue weighted by atomic mass is 9.99. The number of carbonyl (C=O) groups excluding carboxylic acids is 1. The van der Waals surface area contributed by atoms with Gasteiger partial charge in [-0.1, -0.05) is 0 Å². The Morgan fingerprint density at radius 2 is 1.37 bits per heavy atom. The Morgan fingerprint density at radius 3 is 1.68 bits per heavy atom. The first-order valence-corrected chi connectivity index (χ1v) is 5.74. The van der Waals surface area contributed by atoms with Crippen molar-refractivity contribution < 1.29 is 19.0 Å². The smallest absolute Gasteiger partial charge is 0.241 e. The summed E-state index contributed by atoms with van der Waals surface area (Å²) in [6.07, 6.45) is 2.96. The van der Waals surface area contributed by atoms with Gasteiger partial charge in [-0.2, -0.15) is 0 Å². The quantitative estimate of drug-likeness (QED) is 0.824. The summed E-state index contributed by atoms with van der Waals surface area (Å²) >= 11 is 0. The van der Waals surface area contributed by atoms with Crippen LogP contribution in [0.1, 0.15) is 16.7 Å². The van der Waals surface area contributed by atoms with E-state index in [1.807, 2.05) is 13.8 Å². The fourth-order valence-electron chi connectivity index (χ4n) is 2.06. The highest BCUT2D eigenvalue weighted by Gasteiger charge is 2.20. The van der Waals surface area contributed by atoms with E-state index in [4.69, 9.17) is 19.9 Å². The van der Waals surface area contributed by atoms with Crippen molar-refractivity contribution in [2.24, 2.45) is 5.73 Å². The van der Waals surface area contributed by atoms with Crippen LogP contribution in [0.25, 0.3) is 6.08 Å². The summed E-state index contributed by atoms with van der Waals surface area (Å²) in [6.45, 7) is 3.77. The van der Waals surface area contributed by atoms with Gasteiger partial charge in [0.05, 0.1) is 21.3 Å². The first-order chi connectivity index (χ1) is 8.97. The second-order valence-electron chi connectivity index (χ2n) is 4.00. The molecule has 2 N–H and O–H groups in total. The van der Waals surface area contributed by atoms with Gasteiger partial charge in [0.25, 0.3) is 0 Å². The zero-order valence-corrected chi connectivity index (χ0v) is 11.9. The number of carbonyl (C=O) groups is 1. The van der Waals surface area contributed by atoms with Crippen LogP contribution in [-0.4, -0.2) is 27.2 Å². The van der Waals surface area contributed by atoms with Gasteiger partial charge in [0.1, 0.15) is 0 Å². The highest BCUT2D eigenvalue weighted by molar-refractivity contribution is 5.91. The lowest BCUT2D eigenvalue weighted by molar-refractivity contribution is -0.113. The van der Waals surface area contributed by atoms with Crippen LogP contribution in [0, 0.1) is 13.8 Å². The Hall–Kier alpha value is -2.17. The average Bonchev–Trinajstić information content (AvgIpc) is 2.37. The molecule has 0 heterocycles. The number of hydrogen-bond donors (Lipinski definition) is 1. The minimum atomic E-state index is -0.507. The summed E-state index contributed by atoms with van der Waals surface area (Å²) in [6, 6.07) is 0. The molecule has 0 unspecified atom stereocenters. The third kappa shape index (κ3) is 2.81. The molecule has 1 aromatic carbocycles. The number of rotatable bonds is 5. The van der Waals surface area contributed by atoms with E-state index < -0.39 is 5.91 Å². The van der Waals surface area contributed by atoms with Crippen LogP contribution in [0.15, 0.2) is 6.08 Å². The van der Waals surface area contributed by atoms with Gasteiger partial charge < -0.3 is 19.9 Å². The van der Waals surface area contributed by atoms with Crippen molar-refractivity contribution in [2.75, 3.05) is 21.3 Å². The zero-order valence-electron chi connectivity index (χ0n) is 11.9. The fourth-order valence-corrected chi connectivity index (χ4v) is 2.06. The number of hydrogen-bond acceptors (Lipinski definition) is 4. The largest absolute Gasteiger partial charge is 0.492 e. The molecule has 0 saturated heterocycles. The van der Waals surface area contributed by atoms with E-state index in [1.54, 1.807) is 27.4 Å².